The standard InChI is InChI=1S/C19H25N3O/c1-15(16-7-5-4-6-8-16)21-19(23)13-14-20-17-9-11-18(12-10-17)22(2)3/h4-12,15,20H,13-14H2,1-3H3,(H,21,23). The Morgan fingerprint density at radius 3 is 2.30 bits per heavy atom. The molecule has 0 spiro atoms. The highest BCUT2D eigenvalue weighted by molar-refractivity contribution is 5.77. The molecular formula is C19H25N3O. The Morgan fingerprint density at radius 2 is 1.70 bits per heavy atom. The van der Waals surface area contributed by atoms with Crippen molar-refractivity contribution >= 4 is 17.3 Å². The molecule has 0 radical (unpaired) electrons. The van der Waals surface area contributed by atoms with Crippen LogP contribution >= 0.6 is 0 Å². The Labute approximate surface area is 138 Å². The topological polar surface area (TPSA) is 44.4 Å². The molecule has 0 aliphatic rings. The fourth-order valence-corrected chi connectivity index (χ4v) is 2.34. The summed E-state index contributed by atoms with van der Waals surface area (Å²) in [4.78, 5) is 14.1. The van der Waals surface area contributed by atoms with E-state index in [1.807, 2.05) is 63.5 Å². The van der Waals surface area contributed by atoms with E-state index in [0.717, 1.165) is 16.9 Å². The van der Waals surface area contributed by atoms with Crippen molar-refractivity contribution in [3.8, 4) is 0 Å². The average molecular weight is 311 g/mol. The van der Waals surface area contributed by atoms with E-state index in [4.69, 9.17) is 0 Å². The summed E-state index contributed by atoms with van der Waals surface area (Å²) in [6.45, 7) is 2.62. The summed E-state index contributed by atoms with van der Waals surface area (Å²) >= 11 is 0. The number of amides is 1. The van der Waals surface area contributed by atoms with Crippen LogP contribution in [-0.4, -0.2) is 26.5 Å². The fourth-order valence-electron chi connectivity index (χ4n) is 2.34. The summed E-state index contributed by atoms with van der Waals surface area (Å²) in [5, 5.41) is 6.30. The summed E-state index contributed by atoms with van der Waals surface area (Å²) in [7, 11) is 4.03. The van der Waals surface area contributed by atoms with Gasteiger partial charge in [0, 0.05) is 38.4 Å². The summed E-state index contributed by atoms with van der Waals surface area (Å²) in [5.41, 5.74) is 3.30. The lowest BCUT2D eigenvalue weighted by Crippen LogP contribution is -2.28. The first kappa shape index (κ1) is 16.9. The van der Waals surface area contributed by atoms with Gasteiger partial charge in [0.1, 0.15) is 0 Å². The largest absolute Gasteiger partial charge is 0.385 e. The van der Waals surface area contributed by atoms with Gasteiger partial charge < -0.3 is 15.5 Å². The van der Waals surface area contributed by atoms with Crippen molar-refractivity contribution in [2.75, 3.05) is 30.9 Å². The van der Waals surface area contributed by atoms with Gasteiger partial charge in [-0.1, -0.05) is 30.3 Å². The molecule has 2 rings (SSSR count). The zero-order chi connectivity index (χ0) is 16.7. The van der Waals surface area contributed by atoms with Crippen molar-refractivity contribution in [2.24, 2.45) is 0 Å². The maximum atomic E-state index is 12.0. The smallest absolute Gasteiger partial charge is 0.222 e. The van der Waals surface area contributed by atoms with E-state index in [9.17, 15) is 4.79 Å². The van der Waals surface area contributed by atoms with Gasteiger partial charge >= 0.3 is 0 Å². The third-order valence-electron chi connectivity index (χ3n) is 3.74. The van der Waals surface area contributed by atoms with Gasteiger partial charge in [0.2, 0.25) is 5.91 Å². The summed E-state index contributed by atoms with van der Waals surface area (Å²) in [6, 6.07) is 18.2. The van der Waals surface area contributed by atoms with Crippen LogP contribution in [0.15, 0.2) is 54.6 Å². The predicted octanol–water partition coefficient (Wildman–Crippen LogP) is 3.43. The minimum absolute atomic E-state index is 0.0306. The quantitative estimate of drug-likeness (QED) is 0.823. The zero-order valence-electron chi connectivity index (χ0n) is 14.0. The molecule has 4 nitrogen and oxygen atoms in total. The molecule has 0 aliphatic carbocycles. The Kier molecular flexibility index (Phi) is 6.03. The van der Waals surface area contributed by atoms with Crippen molar-refractivity contribution in [1.29, 1.82) is 0 Å². The highest BCUT2D eigenvalue weighted by Crippen LogP contribution is 2.15. The number of anilines is 2. The van der Waals surface area contributed by atoms with E-state index < -0.39 is 0 Å². The number of nitrogens with zero attached hydrogens (tertiary/aromatic N) is 1. The Morgan fingerprint density at radius 1 is 1.04 bits per heavy atom. The summed E-state index contributed by atoms with van der Waals surface area (Å²) in [6.07, 6.45) is 0.451. The molecule has 0 fully saturated rings. The number of carbonyl (C=O) groups excluding carboxylic acids is 1. The van der Waals surface area contributed by atoms with E-state index in [1.54, 1.807) is 0 Å². The van der Waals surface area contributed by atoms with Gasteiger partial charge in [-0.25, -0.2) is 0 Å². The van der Waals surface area contributed by atoms with Crippen molar-refractivity contribution in [2.45, 2.75) is 19.4 Å². The molecule has 2 aromatic carbocycles. The second-order valence-electron chi connectivity index (χ2n) is 5.82. The van der Waals surface area contributed by atoms with E-state index >= 15 is 0 Å². The number of hydrogen-bond donors (Lipinski definition) is 2. The van der Waals surface area contributed by atoms with Gasteiger partial charge in [-0.15, -0.1) is 0 Å². The highest BCUT2D eigenvalue weighted by Gasteiger charge is 2.08. The Hall–Kier alpha value is -2.49. The molecule has 0 saturated heterocycles. The van der Waals surface area contributed by atoms with Crippen molar-refractivity contribution in [1.82, 2.24) is 5.32 Å². The lowest BCUT2D eigenvalue weighted by atomic mass is 10.1. The van der Waals surface area contributed by atoms with Gasteiger partial charge in [0.25, 0.3) is 0 Å². The van der Waals surface area contributed by atoms with E-state index in [2.05, 4.69) is 27.7 Å². The molecule has 2 N–H and O–H groups in total. The van der Waals surface area contributed by atoms with Gasteiger partial charge in [0.05, 0.1) is 6.04 Å². The Bertz CT molecular complexity index is 608. The van der Waals surface area contributed by atoms with Gasteiger partial charge in [0.15, 0.2) is 0 Å². The molecule has 0 aromatic heterocycles. The summed E-state index contributed by atoms with van der Waals surface area (Å²) in [5.74, 6) is 0.0544. The number of nitrogens with one attached hydrogen (secondary N) is 2. The molecule has 2 aromatic rings. The van der Waals surface area contributed by atoms with Gasteiger partial charge in [-0.05, 0) is 36.8 Å². The molecule has 0 saturated carbocycles. The van der Waals surface area contributed by atoms with E-state index in [0.29, 0.717) is 13.0 Å². The normalized spacial score (nSPS) is 11.6. The van der Waals surface area contributed by atoms with Crippen LogP contribution in [0.5, 0.6) is 0 Å². The van der Waals surface area contributed by atoms with Crippen molar-refractivity contribution in [3.05, 3.63) is 60.2 Å². The monoisotopic (exact) mass is 311 g/mol. The molecule has 1 amide bonds. The zero-order valence-corrected chi connectivity index (χ0v) is 14.0. The van der Waals surface area contributed by atoms with Crippen LogP contribution in [0, 0.1) is 0 Å². The number of carbonyl (C=O) groups is 1. The lowest BCUT2D eigenvalue weighted by Gasteiger charge is -2.15. The first-order valence-corrected chi connectivity index (χ1v) is 7.92. The predicted molar refractivity (Wildman–Crippen MR) is 96.9 cm³/mol. The van der Waals surface area contributed by atoms with Crippen LogP contribution in [-0.2, 0) is 4.79 Å². The Balaban J connectivity index is 1.74. The maximum absolute atomic E-state index is 12.0. The molecule has 4 heteroatoms. The fraction of sp³-hybridized carbons (Fsp3) is 0.316. The van der Waals surface area contributed by atoms with Crippen LogP contribution in [0.25, 0.3) is 0 Å². The minimum atomic E-state index is 0.0306. The maximum Gasteiger partial charge on any atom is 0.222 e. The molecule has 1 unspecified atom stereocenters. The van der Waals surface area contributed by atoms with Crippen LogP contribution in [0.1, 0.15) is 24.9 Å². The first-order valence-electron chi connectivity index (χ1n) is 7.92. The summed E-state index contributed by atoms with van der Waals surface area (Å²) < 4.78 is 0. The molecular weight excluding hydrogens is 286 g/mol. The number of benzene rings is 2. The van der Waals surface area contributed by atoms with E-state index in [1.165, 1.54) is 0 Å². The minimum Gasteiger partial charge on any atom is -0.385 e. The van der Waals surface area contributed by atoms with Crippen molar-refractivity contribution in [3.63, 3.8) is 0 Å². The van der Waals surface area contributed by atoms with Crippen LogP contribution in [0.2, 0.25) is 0 Å². The van der Waals surface area contributed by atoms with Crippen LogP contribution < -0.4 is 15.5 Å². The molecule has 23 heavy (non-hydrogen) atoms. The average Bonchev–Trinajstić information content (AvgIpc) is 2.56. The first-order chi connectivity index (χ1) is 11.1. The molecule has 122 valence electrons. The van der Waals surface area contributed by atoms with Crippen molar-refractivity contribution < 1.29 is 4.79 Å². The second-order valence-corrected chi connectivity index (χ2v) is 5.82. The van der Waals surface area contributed by atoms with Gasteiger partial charge in [-0.3, -0.25) is 4.79 Å². The molecule has 1 atom stereocenters. The second kappa shape index (κ2) is 8.22. The van der Waals surface area contributed by atoms with E-state index in [-0.39, 0.29) is 11.9 Å². The van der Waals surface area contributed by atoms with Gasteiger partial charge in [-0.2, -0.15) is 0 Å². The molecule has 0 heterocycles. The molecule has 0 aliphatic heterocycles. The SMILES string of the molecule is CC(NC(=O)CCNc1ccc(N(C)C)cc1)c1ccccc1. The van der Waals surface area contributed by atoms with Crippen LogP contribution in [0.3, 0.4) is 0 Å². The lowest BCUT2D eigenvalue weighted by molar-refractivity contribution is -0.121. The third kappa shape index (κ3) is 5.33. The number of rotatable bonds is 7. The third-order valence-corrected chi connectivity index (χ3v) is 3.74. The van der Waals surface area contributed by atoms with Crippen LogP contribution in [0.4, 0.5) is 11.4 Å². The highest BCUT2D eigenvalue weighted by atomic mass is 16.1. The number of hydrogen-bond acceptors (Lipinski definition) is 3. The molecule has 0 bridgehead atoms.